The largest absolute Gasteiger partial charge is 0.508 e. The van der Waals surface area contributed by atoms with Gasteiger partial charge >= 0.3 is 10.1 Å². The van der Waals surface area contributed by atoms with Crippen LogP contribution in [0.2, 0.25) is 0 Å². The van der Waals surface area contributed by atoms with E-state index in [-0.39, 0.29) is 11.5 Å². The van der Waals surface area contributed by atoms with Gasteiger partial charge in [-0.2, -0.15) is 8.42 Å². The van der Waals surface area contributed by atoms with Gasteiger partial charge in [-0.15, -0.1) is 0 Å². The monoisotopic (exact) mass is 398 g/mol. The van der Waals surface area contributed by atoms with E-state index >= 15 is 0 Å². The number of aromatic hydroxyl groups is 1. The van der Waals surface area contributed by atoms with Crippen LogP contribution in [0.3, 0.4) is 0 Å². The maximum absolute atomic E-state index is 12.7. The van der Waals surface area contributed by atoms with E-state index in [1.807, 2.05) is 0 Å². The van der Waals surface area contributed by atoms with Gasteiger partial charge in [0, 0.05) is 6.07 Å². The molecule has 0 saturated heterocycles. The summed E-state index contributed by atoms with van der Waals surface area (Å²) in [6.45, 7) is 6.05. The lowest BCUT2D eigenvalue weighted by atomic mass is 10.0. The van der Waals surface area contributed by atoms with Gasteiger partial charge in [0.25, 0.3) is 0 Å². The normalized spacial score (nSPS) is 12.9. The molecule has 0 heterocycles. The van der Waals surface area contributed by atoms with Crippen LogP contribution in [-0.4, -0.2) is 18.8 Å². The zero-order chi connectivity index (χ0) is 20.1. The van der Waals surface area contributed by atoms with E-state index in [4.69, 9.17) is 4.18 Å². The summed E-state index contributed by atoms with van der Waals surface area (Å²) in [5.74, 6) is 0.242. The zero-order valence-corrected chi connectivity index (χ0v) is 18.2. The summed E-state index contributed by atoms with van der Waals surface area (Å²) >= 11 is 0. The molecule has 0 aliphatic carbocycles. The molecule has 0 aromatic heterocycles. The fourth-order valence-corrected chi connectivity index (χ4v) is 4.63. The highest BCUT2D eigenvalue weighted by atomic mass is 32.2. The van der Waals surface area contributed by atoms with Gasteiger partial charge in [0.05, 0.1) is 5.25 Å². The lowest BCUT2D eigenvalue weighted by Gasteiger charge is -2.18. The fraction of sp³-hybridized carbons (Fsp3) is 0.727. The quantitative estimate of drug-likeness (QED) is 0.270. The van der Waals surface area contributed by atoms with Crippen LogP contribution in [0.25, 0.3) is 0 Å². The molecule has 4 nitrogen and oxygen atoms in total. The molecule has 0 aliphatic heterocycles. The minimum Gasteiger partial charge on any atom is -0.508 e. The molecule has 0 fully saturated rings. The molecule has 0 amide bonds. The number of benzene rings is 1. The van der Waals surface area contributed by atoms with Gasteiger partial charge in [0.2, 0.25) is 0 Å². The highest BCUT2D eigenvalue weighted by Gasteiger charge is 2.27. The number of unbranched alkanes of at least 4 members (excludes halogenated alkanes) is 8. The van der Waals surface area contributed by atoms with Crippen LogP contribution in [0.15, 0.2) is 18.2 Å². The highest BCUT2D eigenvalue weighted by molar-refractivity contribution is 7.87. The Labute approximate surface area is 166 Å². The van der Waals surface area contributed by atoms with Crippen molar-refractivity contribution in [3.05, 3.63) is 23.8 Å². The zero-order valence-electron chi connectivity index (χ0n) is 17.4. The summed E-state index contributed by atoms with van der Waals surface area (Å²) in [5.41, 5.74) is 0.696. The van der Waals surface area contributed by atoms with Crippen molar-refractivity contribution in [1.82, 2.24) is 0 Å². The Morgan fingerprint density at radius 3 is 2.04 bits per heavy atom. The van der Waals surface area contributed by atoms with Crippen molar-refractivity contribution in [2.75, 3.05) is 0 Å². The molecule has 27 heavy (non-hydrogen) atoms. The Hall–Kier alpha value is -1.23. The first-order valence-electron chi connectivity index (χ1n) is 10.6. The average molecular weight is 399 g/mol. The number of phenols is 1. The number of hydrogen-bond donors (Lipinski definition) is 1. The van der Waals surface area contributed by atoms with Crippen LogP contribution in [0, 0.1) is 6.92 Å². The van der Waals surface area contributed by atoms with Crippen LogP contribution < -0.4 is 4.18 Å². The van der Waals surface area contributed by atoms with E-state index < -0.39 is 15.4 Å². The van der Waals surface area contributed by atoms with Gasteiger partial charge in [-0.3, -0.25) is 0 Å². The lowest BCUT2D eigenvalue weighted by molar-refractivity contribution is 0.442. The van der Waals surface area contributed by atoms with Gasteiger partial charge in [0.15, 0.2) is 0 Å². The van der Waals surface area contributed by atoms with Crippen molar-refractivity contribution in [1.29, 1.82) is 0 Å². The van der Waals surface area contributed by atoms with Crippen LogP contribution in [0.5, 0.6) is 11.5 Å². The third-order valence-corrected chi connectivity index (χ3v) is 6.77. The molecule has 0 bridgehead atoms. The lowest BCUT2D eigenvalue weighted by Crippen LogP contribution is -2.26. The number of aryl methyl sites for hydroxylation is 1. The molecule has 1 N–H and O–H groups in total. The van der Waals surface area contributed by atoms with Crippen LogP contribution in [-0.2, 0) is 10.1 Å². The maximum Gasteiger partial charge on any atom is 0.312 e. The Morgan fingerprint density at radius 1 is 0.889 bits per heavy atom. The first-order valence-corrected chi connectivity index (χ1v) is 12.1. The molecule has 0 spiro atoms. The molecule has 5 heteroatoms. The molecule has 0 radical (unpaired) electrons. The van der Waals surface area contributed by atoms with Crippen molar-refractivity contribution >= 4 is 10.1 Å². The fourth-order valence-electron chi connectivity index (χ4n) is 3.21. The summed E-state index contributed by atoms with van der Waals surface area (Å²) in [6, 6.07) is 4.64. The van der Waals surface area contributed by atoms with Gasteiger partial charge < -0.3 is 9.29 Å². The molecular formula is C22H38O4S. The van der Waals surface area contributed by atoms with Crippen molar-refractivity contribution < 1.29 is 17.7 Å². The smallest absolute Gasteiger partial charge is 0.312 e. The molecule has 156 valence electrons. The van der Waals surface area contributed by atoms with E-state index in [2.05, 4.69) is 13.8 Å². The minimum atomic E-state index is -3.69. The van der Waals surface area contributed by atoms with Crippen molar-refractivity contribution in [2.45, 2.75) is 103 Å². The molecule has 0 saturated carbocycles. The summed E-state index contributed by atoms with van der Waals surface area (Å²) in [7, 11) is -3.69. The van der Waals surface area contributed by atoms with E-state index in [1.54, 1.807) is 19.1 Å². The summed E-state index contributed by atoms with van der Waals surface area (Å²) in [6.07, 6.45) is 12.7. The first-order chi connectivity index (χ1) is 12.9. The van der Waals surface area contributed by atoms with Crippen molar-refractivity contribution in [3.63, 3.8) is 0 Å². The third kappa shape index (κ3) is 9.50. The van der Waals surface area contributed by atoms with Gasteiger partial charge in [0.1, 0.15) is 11.5 Å². The highest BCUT2D eigenvalue weighted by Crippen LogP contribution is 2.27. The Morgan fingerprint density at radius 2 is 1.44 bits per heavy atom. The van der Waals surface area contributed by atoms with Crippen LogP contribution in [0.4, 0.5) is 0 Å². The molecule has 1 rings (SSSR count). The Balaban J connectivity index is 2.53. The second kappa shape index (κ2) is 13.0. The molecular weight excluding hydrogens is 360 g/mol. The van der Waals surface area contributed by atoms with Crippen molar-refractivity contribution in [2.24, 2.45) is 0 Å². The SMILES string of the molecule is CCCCCCCCCCC(CCCC)S(=O)(=O)Oc1ccc(C)c(O)c1. The van der Waals surface area contributed by atoms with E-state index in [1.165, 1.54) is 44.6 Å². The molecule has 1 aromatic carbocycles. The third-order valence-electron chi connectivity index (χ3n) is 5.06. The second-order valence-electron chi connectivity index (χ2n) is 7.55. The molecule has 1 aromatic rings. The number of phenolic OH excluding ortho intramolecular Hbond substituents is 1. The van der Waals surface area contributed by atoms with E-state index in [9.17, 15) is 13.5 Å². The molecule has 1 atom stereocenters. The second-order valence-corrected chi connectivity index (χ2v) is 9.37. The summed E-state index contributed by atoms with van der Waals surface area (Å²) in [4.78, 5) is 0. The maximum atomic E-state index is 12.7. The predicted octanol–water partition coefficient (Wildman–Crippen LogP) is 6.50. The van der Waals surface area contributed by atoms with Gasteiger partial charge in [-0.25, -0.2) is 0 Å². The predicted molar refractivity (Wildman–Crippen MR) is 113 cm³/mol. The van der Waals surface area contributed by atoms with Crippen molar-refractivity contribution in [3.8, 4) is 11.5 Å². The summed E-state index contributed by atoms with van der Waals surface area (Å²) < 4.78 is 30.8. The van der Waals surface area contributed by atoms with Crippen LogP contribution >= 0.6 is 0 Å². The molecule has 1 unspecified atom stereocenters. The average Bonchev–Trinajstić information content (AvgIpc) is 2.62. The van der Waals surface area contributed by atoms with E-state index in [0.29, 0.717) is 18.4 Å². The van der Waals surface area contributed by atoms with Gasteiger partial charge in [-0.05, 0) is 31.4 Å². The Kier molecular flexibility index (Phi) is 11.5. The van der Waals surface area contributed by atoms with Gasteiger partial charge in [-0.1, -0.05) is 84.1 Å². The van der Waals surface area contributed by atoms with Crippen LogP contribution in [0.1, 0.15) is 96.5 Å². The summed E-state index contributed by atoms with van der Waals surface area (Å²) in [5, 5.41) is 9.31. The molecule has 0 aliphatic rings. The Bertz CT molecular complexity index is 625. The first kappa shape index (κ1) is 23.8. The number of hydrogen-bond acceptors (Lipinski definition) is 4. The minimum absolute atomic E-state index is 0.0517. The standard InChI is InChI=1S/C22H38O4S/c1-4-6-8-9-10-11-12-13-15-21(14-7-5-2)27(24,25)26-20-17-16-19(3)22(23)18-20/h16-18,21,23H,4-15H2,1-3H3. The number of rotatable bonds is 15. The topological polar surface area (TPSA) is 63.6 Å². The van der Waals surface area contributed by atoms with E-state index in [0.717, 1.165) is 25.7 Å².